The van der Waals surface area contributed by atoms with Crippen molar-refractivity contribution in [2.24, 2.45) is 5.92 Å². The molecule has 0 heterocycles. The largest absolute Gasteiger partial charge is 0.493 e. The molecule has 1 fully saturated rings. The zero-order valence-electron chi connectivity index (χ0n) is 21.0. The third-order valence-corrected chi connectivity index (χ3v) is 6.38. The molecule has 0 aliphatic heterocycles. The van der Waals surface area contributed by atoms with Gasteiger partial charge in [-0.05, 0) is 73.0 Å². The maximum atomic E-state index is 12.7. The summed E-state index contributed by atoms with van der Waals surface area (Å²) in [5, 5.41) is 15.9. The van der Waals surface area contributed by atoms with Gasteiger partial charge >= 0.3 is 5.97 Å². The van der Waals surface area contributed by atoms with Crippen LogP contribution in [0, 0.1) is 5.92 Å². The predicted molar refractivity (Wildman–Crippen MR) is 144 cm³/mol. The standard InChI is InChI=1S/C29H29ClN2O6/c1-37-26-10-2-18(15-28(34)35)14-27(26)38-25-11-9-23(32-29(36)20-5-7-22(30)8-6-20)16-21(25)17-31-13-12-24(33)19-3-4-19/h2,5-11,14,16,19,31H,3-4,12-13,15,17H2,1H3,(H,32,36)(H,34,35). The zero-order valence-corrected chi connectivity index (χ0v) is 21.7. The van der Waals surface area contributed by atoms with E-state index in [1.807, 2.05) is 0 Å². The maximum absolute atomic E-state index is 12.7. The Morgan fingerprint density at radius 3 is 2.39 bits per heavy atom. The number of carbonyl (C=O) groups excluding carboxylic acids is 2. The van der Waals surface area contributed by atoms with Gasteiger partial charge in [-0.1, -0.05) is 17.7 Å². The number of anilines is 1. The van der Waals surface area contributed by atoms with Crippen LogP contribution in [0.4, 0.5) is 5.69 Å². The molecule has 1 saturated carbocycles. The minimum absolute atomic E-state index is 0.153. The molecule has 0 bridgehead atoms. The molecule has 3 aromatic carbocycles. The number of nitrogens with one attached hydrogen (secondary N) is 2. The molecule has 1 aliphatic carbocycles. The average molecular weight is 537 g/mol. The van der Waals surface area contributed by atoms with Crippen molar-refractivity contribution in [2.75, 3.05) is 19.0 Å². The van der Waals surface area contributed by atoms with Crippen LogP contribution in [0.1, 0.15) is 40.7 Å². The van der Waals surface area contributed by atoms with E-state index in [4.69, 9.17) is 26.2 Å². The molecule has 0 unspecified atom stereocenters. The number of carbonyl (C=O) groups is 3. The van der Waals surface area contributed by atoms with Crippen LogP contribution < -0.4 is 20.1 Å². The maximum Gasteiger partial charge on any atom is 0.307 e. The minimum atomic E-state index is -0.951. The fraction of sp³-hybridized carbons (Fsp3) is 0.276. The van der Waals surface area contributed by atoms with E-state index in [1.165, 1.54) is 7.11 Å². The lowest BCUT2D eigenvalue weighted by Crippen LogP contribution is -2.19. The Labute approximate surface area is 225 Å². The van der Waals surface area contributed by atoms with Crippen molar-refractivity contribution in [1.82, 2.24) is 5.32 Å². The van der Waals surface area contributed by atoms with Crippen molar-refractivity contribution in [1.29, 1.82) is 0 Å². The second-order valence-corrected chi connectivity index (χ2v) is 9.55. The highest BCUT2D eigenvalue weighted by molar-refractivity contribution is 6.30. The molecule has 0 spiro atoms. The highest BCUT2D eigenvalue weighted by atomic mass is 35.5. The second kappa shape index (κ2) is 12.6. The van der Waals surface area contributed by atoms with E-state index in [2.05, 4.69) is 10.6 Å². The first-order chi connectivity index (χ1) is 18.3. The zero-order chi connectivity index (χ0) is 27.1. The third-order valence-electron chi connectivity index (χ3n) is 6.12. The van der Waals surface area contributed by atoms with Crippen molar-refractivity contribution in [3.05, 3.63) is 82.4 Å². The molecule has 1 amide bonds. The van der Waals surface area contributed by atoms with Gasteiger partial charge in [0.05, 0.1) is 13.5 Å². The van der Waals surface area contributed by atoms with Crippen LogP contribution in [-0.4, -0.2) is 36.4 Å². The molecule has 1 aliphatic rings. The Morgan fingerprint density at radius 1 is 0.974 bits per heavy atom. The molecule has 3 N–H and O–H groups in total. The van der Waals surface area contributed by atoms with Gasteiger partial charge < -0.3 is 25.2 Å². The molecule has 0 saturated heterocycles. The van der Waals surface area contributed by atoms with Crippen molar-refractivity contribution in [2.45, 2.75) is 32.2 Å². The van der Waals surface area contributed by atoms with Gasteiger partial charge in [0.25, 0.3) is 5.91 Å². The van der Waals surface area contributed by atoms with Gasteiger partial charge in [-0.2, -0.15) is 0 Å². The highest BCUT2D eigenvalue weighted by Gasteiger charge is 2.28. The van der Waals surface area contributed by atoms with Crippen LogP contribution in [0.2, 0.25) is 5.02 Å². The Hall–Kier alpha value is -3.88. The summed E-state index contributed by atoms with van der Waals surface area (Å²) in [6.45, 7) is 0.905. The Bertz CT molecular complexity index is 1320. The number of rotatable bonds is 13. The first-order valence-electron chi connectivity index (χ1n) is 12.3. The van der Waals surface area contributed by atoms with Gasteiger partial charge in [0.15, 0.2) is 11.5 Å². The van der Waals surface area contributed by atoms with Gasteiger partial charge in [-0.15, -0.1) is 0 Å². The number of amides is 1. The van der Waals surface area contributed by atoms with Gasteiger partial charge in [-0.3, -0.25) is 14.4 Å². The summed E-state index contributed by atoms with van der Waals surface area (Å²) >= 11 is 5.93. The predicted octanol–water partition coefficient (Wildman–Crippen LogP) is 5.48. The van der Waals surface area contributed by atoms with Crippen LogP contribution >= 0.6 is 11.6 Å². The first kappa shape index (κ1) is 27.2. The third kappa shape index (κ3) is 7.57. The number of halogens is 1. The Kier molecular flexibility index (Phi) is 8.99. The molecule has 8 nitrogen and oxygen atoms in total. The van der Waals surface area contributed by atoms with E-state index in [9.17, 15) is 14.4 Å². The fourth-order valence-electron chi connectivity index (χ4n) is 3.95. The fourth-order valence-corrected chi connectivity index (χ4v) is 4.07. The number of ether oxygens (including phenoxy) is 2. The SMILES string of the molecule is COc1ccc(CC(=O)O)cc1Oc1ccc(NC(=O)c2ccc(Cl)cc2)cc1CNCCC(=O)C1CC1. The molecular formula is C29H29ClN2O6. The van der Waals surface area contributed by atoms with Crippen LogP contribution in [0.15, 0.2) is 60.7 Å². The summed E-state index contributed by atoms with van der Waals surface area (Å²) in [6, 6.07) is 16.8. The van der Waals surface area contributed by atoms with E-state index in [0.717, 1.165) is 18.4 Å². The van der Waals surface area contributed by atoms with E-state index in [0.29, 0.717) is 58.6 Å². The monoisotopic (exact) mass is 536 g/mol. The van der Waals surface area contributed by atoms with E-state index in [1.54, 1.807) is 60.7 Å². The van der Waals surface area contributed by atoms with Crippen LogP contribution in [0.25, 0.3) is 0 Å². The second-order valence-electron chi connectivity index (χ2n) is 9.11. The number of ketones is 1. The van der Waals surface area contributed by atoms with E-state index in [-0.39, 0.29) is 24.0 Å². The lowest BCUT2D eigenvalue weighted by Gasteiger charge is -2.16. The quantitative estimate of drug-likeness (QED) is 0.248. The summed E-state index contributed by atoms with van der Waals surface area (Å²) in [4.78, 5) is 36.0. The summed E-state index contributed by atoms with van der Waals surface area (Å²) < 4.78 is 11.6. The number of hydrogen-bond donors (Lipinski definition) is 3. The summed E-state index contributed by atoms with van der Waals surface area (Å²) in [5.41, 5.74) is 2.34. The lowest BCUT2D eigenvalue weighted by atomic mass is 10.1. The van der Waals surface area contributed by atoms with Gasteiger partial charge in [0.1, 0.15) is 11.5 Å². The normalized spacial score (nSPS) is 12.6. The number of carboxylic acids is 1. The molecule has 9 heteroatoms. The Balaban J connectivity index is 1.54. The van der Waals surface area contributed by atoms with E-state index < -0.39 is 5.97 Å². The molecule has 3 aromatic rings. The smallest absolute Gasteiger partial charge is 0.307 e. The molecule has 0 aromatic heterocycles. The van der Waals surface area contributed by atoms with E-state index >= 15 is 0 Å². The number of aliphatic carboxylic acids is 1. The van der Waals surface area contributed by atoms with Crippen molar-refractivity contribution < 1.29 is 29.0 Å². The number of hydrogen-bond acceptors (Lipinski definition) is 6. The molecular weight excluding hydrogens is 508 g/mol. The molecule has 38 heavy (non-hydrogen) atoms. The Morgan fingerprint density at radius 2 is 1.71 bits per heavy atom. The number of benzene rings is 3. The lowest BCUT2D eigenvalue weighted by molar-refractivity contribution is -0.136. The highest BCUT2D eigenvalue weighted by Crippen LogP contribution is 2.35. The minimum Gasteiger partial charge on any atom is -0.493 e. The van der Waals surface area contributed by atoms with Gasteiger partial charge in [0.2, 0.25) is 0 Å². The molecule has 0 radical (unpaired) electrons. The first-order valence-corrected chi connectivity index (χ1v) is 12.7. The van der Waals surface area contributed by atoms with Crippen LogP contribution in [0.5, 0.6) is 17.2 Å². The van der Waals surface area contributed by atoms with Crippen LogP contribution in [-0.2, 0) is 22.6 Å². The summed E-state index contributed by atoms with van der Waals surface area (Å²) in [7, 11) is 1.51. The number of carboxylic acid groups (broad SMARTS) is 1. The van der Waals surface area contributed by atoms with Gasteiger partial charge in [-0.25, -0.2) is 0 Å². The molecule has 4 rings (SSSR count). The molecule has 0 atom stereocenters. The van der Waals surface area contributed by atoms with Crippen molar-refractivity contribution in [3.63, 3.8) is 0 Å². The number of methoxy groups -OCH3 is 1. The van der Waals surface area contributed by atoms with Crippen molar-refractivity contribution in [3.8, 4) is 17.2 Å². The van der Waals surface area contributed by atoms with Crippen molar-refractivity contribution >= 4 is 34.9 Å². The number of Topliss-reactive ketones (excluding diaryl/α,β-unsaturated/α-hetero) is 1. The van der Waals surface area contributed by atoms with Crippen LogP contribution in [0.3, 0.4) is 0 Å². The topological polar surface area (TPSA) is 114 Å². The van der Waals surface area contributed by atoms with Gasteiger partial charge in [0, 0.05) is 47.3 Å². The summed E-state index contributed by atoms with van der Waals surface area (Å²) in [6.07, 6.45) is 2.27. The molecule has 198 valence electrons. The average Bonchev–Trinajstić information content (AvgIpc) is 3.74. The summed E-state index contributed by atoms with van der Waals surface area (Å²) in [5.74, 6) is 0.578.